The fourth-order valence-electron chi connectivity index (χ4n) is 3.84. The van der Waals surface area contributed by atoms with Gasteiger partial charge in [0.15, 0.2) is 11.0 Å². The van der Waals surface area contributed by atoms with Crippen LogP contribution in [0.5, 0.6) is 0 Å². The number of carbonyl (C=O) groups is 2. The van der Waals surface area contributed by atoms with Crippen LogP contribution in [0.4, 0.5) is 5.69 Å². The maximum absolute atomic E-state index is 12.9. The first-order valence-corrected chi connectivity index (χ1v) is 14.6. The first kappa shape index (κ1) is 27.8. The summed E-state index contributed by atoms with van der Waals surface area (Å²) in [7, 11) is -3.59. The van der Waals surface area contributed by atoms with Crippen LogP contribution in [-0.4, -0.2) is 78.0 Å². The number of aromatic nitrogens is 3. The number of ether oxygens (including phenoxy) is 2. The third-order valence-corrected chi connectivity index (χ3v) is 8.65. The maximum atomic E-state index is 12.9. The molecule has 11 nitrogen and oxygen atoms in total. The summed E-state index contributed by atoms with van der Waals surface area (Å²) in [4.78, 5) is 24.5. The SMILES string of the molecule is CCOC(=O)c1ccc(NC(=O)CSc2nnc(-c3ccc(S(=O)(=O)N4CCOCC4)cc3)n2CC)cc1. The molecular weight excluding hydrogens is 530 g/mol. The van der Waals surface area contributed by atoms with Crippen molar-refractivity contribution in [3.8, 4) is 11.4 Å². The molecule has 1 fully saturated rings. The topological polar surface area (TPSA) is 133 Å². The molecule has 0 atom stereocenters. The summed E-state index contributed by atoms with van der Waals surface area (Å²) in [5.74, 6) is 0.0437. The van der Waals surface area contributed by atoms with Crippen molar-refractivity contribution in [2.75, 3.05) is 44.0 Å². The zero-order chi connectivity index (χ0) is 27.1. The third-order valence-electron chi connectivity index (χ3n) is 5.77. The second-order valence-electron chi connectivity index (χ2n) is 8.23. The summed E-state index contributed by atoms with van der Waals surface area (Å²) in [5, 5.41) is 11.9. The molecule has 0 bridgehead atoms. The first-order chi connectivity index (χ1) is 18.3. The van der Waals surface area contributed by atoms with Crippen LogP contribution >= 0.6 is 11.8 Å². The van der Waals surface area contributed by atoms with Crippen LogP contribution in [0, 0.1) is 0 Å². The van der Waals surface area contributed by atoms with Gasteiger partial charge in [0, 0.05) is 30.9 Å². The fraction of sp³-hybridized carbons (Fsp3) is 0.360. The number of rotatable bonds is 10. The monoisotopic (exact) mass is 559 g/mol. The number of nitrogens with zero attached hydrogens (tertiary/aromatic N) is 4. The van der Waals surface area contributed by atoms with E-state index < -0.39 is 16.0 Å². The van der Waals surface area contributed by atoms with E-state index in [4.69, 9.17) is 9.47 Å². The van der Waals surface area contributed by atoms with Crippen molar-refractivity contribution in [1.82, 2.24) is 19.1 Å². The Morgan fingerprint density at radius 1 is 1.03 bits per heavy atom. The minimum Gasteiger partial charge on any atom is -0.462 e. The Kier molecular flexibility index (Phi) is 9.15. The first-order valence-electron chi connectivity index (χ1n) is 12.1. The minimum atomic E-state index is -3.59. The van der Waals surface area contributed by atoms with Gasteiger partial charge in [-0.1, -0.05) is 11.8 Å². The second kappa shape index (κ2) is 12.5. The Balaban J connectivity index is 1.39. The maximum Gasteiger partial charge on any atom is 0.338 e. The van der Waals surface area contributed by atoms with Gasteiger partial charge in [0.1, 0.15) is 0 Å². The molecule has 4 rings (SSSR count). The van der Waals surface area contributed by atoms with Gasteiger partial charge >= 0.3 is 5.97 Å². The molecule has 38 heavy (non-hydrogen) atoms. The van der Waals surface area contributed by atoms with E-state index in [9.17, 15) is 18.0 Å². The number of nitrogens with one attached hydrogen (secondary N) is 1. The summed E-state index contributed by atoms with van der Waals surface area (Å²) in [5.41, 5.74) is 1.70. The lowest BCUT2D eigenvalue weighted by Gasteiger charge is -2.26. The van der Waals surface area contributed by atoms with Gasteiger partial charge in [0.05, 0.1) is 36.0 Å². The predicted octanol–water partition coefficient (Wildman–Crippen LogP) is 2.89. The van der Waals surface area contributed by atoms with E-state index in [1.807, 2.05) is 11.5 Å². The molecule has 1 saturated heterocycles. The Morgan fingerprint density at radius 2 is 1.71 bits per heavy atom. The molecule has 13 heteroatoms. The highest BCUT2D eigenvalue weighted by Crippen LogP contribution is 2.26. The molecule has 0 spiro atoms. The van der Waals surface area contributed by atoms with Crippen molar-refractivity contribution in [2.45, 2.75) is 30.4 Å². The Morgan fingerprint density at radius 3 is 2.34 bits per heavy atom. The molecule has 1 aromatic heterocycles. The van der Waals surface area contributed by atoms with Gasteiger partial charge in [-0.05, 0) is 62.4 Å². The average Bonchev–Trinajstić information content (AvgIpc) is 3.36. The van der Waals surface area contributed by atoms with Crippen molar-refractivity contribution in [3.05, 3.63) is 54.1 Å². The smallest absolute Gasteiger partial charge is 0.338 e. The predicted molar refractivity (Wildman–Crippen MR) is 142 cm³/mol. The average molecular weight is 560 g/mol. The zero-order valence-electron chi connectivity index (χ0n) is 21.1. The highest BCUT2D eigenvalue weighted by molar-refractivity contribution is 7.99. The van der Waals surface area contributed by atoms with E-state index in [0.717, 1.165) is 5.56 Å². The summed E-state index contributed by atoms with van der Waals surface area (Å²) in [6, 6.07) is 13.0. The Bertz CT molecular complexity index is 1370. The van der Waals surface area contributed by atoms with Crippen LogP contribution in [-0.2, 0) is 30.8 Å². The molecular formula is C25H29N5O6S2. The number of thioether (sulfide) groups is 1. The van der Waals surface area contributed by atoms with Gasteiger partial charge < -0.3 is 19.4 Å². The number of esters is 1. The molecule has 2 heterocycles. The van der Waals surface area contributed by atoms with E-state index in [0.29, 0.717) is 61.7 Å². The number of carbonyl (C=O) groups excluding carboxylic acids is 2. The molecule has 0 aliphatic carbocycles. The van der Waals surface area contributed by atoms with Crippen LogP contribution in [0.15, 0.2) is 58.6 Å². The highest BCUT2D eigenvalue weighted by atomic mass is 32.2. The van der Waals surface area contributed by atoms with Gasteiger partial charge in [-0.3, -0.25) is 4.79 Å². The van der Waals surface area contributed by atoms with Crippen molar-refractivity contribution in [2.24, 2.45) is 0 Å². The number of morpholine rings is 1. The summed E-state index contributed by atoms with van der Waals surface area (Å²) >= 11 is 1.24. The lowest BCUT2D eigenvalue weighted by Crippen LogP contribution is -2.40. The molecule has 0 radical (unpaired) electrons. The minimum absolute atomic E-state index is 0.106. The lowest BCUT2D eigenvalue weighted by atomic mass is 10.2. The number of benzene rings is 2. The van der Waals surface area contributed by atoms with Gasteiger partial charge in [0.25, 0.3) is 0 Å². The normalized spacial score (nSPS) is 14.3. The molecule has 3 aromatic rings. The van der Waals surface area contributed by atoms with Gasteiger partial charge in [-0.15, -0.1) is 10.2 Å². The number of hydrogen-bond donors (Lipinski definition) is 1. The Labute approximate surface area is 225 Å². The summed E-state index contributed by atoms with van der Waals surface area (Å²) < 4.78 is 39.3. The van der Waals surface area contributed by atoms with Crippen molar-refractivity contribution in [3.63, 3.8) is 0 Å². The number of amides is 1. The van der Waals surface area contributed by atoms with E-state index in [1.54, 1.807) is 55.5 Å². The van der Waals surface area contributed by atoms with Crippen LogP contribution < -0.4 is 5.32 Å². The molecule has 1 amide bonds. The lowest BCUT2D eigenvalue weighted by molar-refractivity contribution is -0.113. The number of sulfonamides is 1. The van der Waals surface area contributed by atoms with E-state index >= 15 is 0 Å². The van der Waals surface area contributed by atoms with Gasteiger partial charge in [0.2, 0.25) is 15.9 Å². The molecule has 2 aromatic carbocycles. The molecule has 1 N–H and O–H groups in total. The van der Waals surface area contributed by atoms with Crippen LogP contribution in [0.1, 0.15) is 24.2 Å². The Hall–Kier alpha value is -3.26. The molecule has 1 aliphatic heterocycles. The quantitative estimate of drug-likeness (QED) is 0.294. The van der Waals surface area contributed by atoms with E-state index in [-0.39, 0.29) is 16.6 Å². The summed E-state index contributed by atoms with van der Waals surface area (Å²) in [6.45, 7) is 5.98. The van der Waals surface area contributed by atoms with Crippen molar-refractivity contribution >= 4 is 39.3 Å². The van der Waals surface area contributed by atoms with Gasteiger partial charge in [-0.2, -0.15) is 4.31 Å². The second-order valence-corrected chi connectivity index (χ2v) is 11.1. The van der Waals surface area contributed by atoms with Crippen molar-refractivity contribution < 1.29 is 27.5 Å². The standard InChI is InChI=1S/C25H29N5O6S2/c1-3-30-23(18-7-11-21(12-8-18)38(33,34)29-13-15-35-16-14-29)27-28-25(30)37-17-22(31)26-20-9-5-19(6-10-20)24(32)36-4-2/h5-12H,3-4,13-17H2,1-2H3,(H,26,31). The largest absolute Gasteiger partial charge is 0.462 e. The van der Waals surface area contributed by atoms with E-state index in [2.05, 4.69) is 15.5 Å². The molecule has 0 unspecified atom stereocenters. The number of hydrogen-bond acceptors (Lipinski definition) is 9. The van der Waals surface area contributed by atoms with Crippen LogP contribution in [0.2, 0.25) is 0 Å². The number of anilines is 1. The summed E-state index contributed by atoms with van der Waals surface area (Å²) in [6.07, 6.45) is 0. The zero-order valence-corrected chi connectivity index (χ0v) is 22.8. The van der Waals surface area contributed by atoms with Crippen LogP contribution in [0.25, 0.3) is 11.4 Å². The van der Waals surface area contributed by atoms with E-state index in [1.165, 1.54) is 16.1 Å². The fourth-order valence-corrected chi connectivity index (χ4v) is 6.05. The molecule has 202 valence electrons. The molecule has 1 aliphatic rings. The van der Waals surface area contributed by atoms with Gasteiger partial charge in [-0.25, -0.2) is 13.2 Å². The third kappa shape index (κ3) is 6.41. The van der Waals surface area contributed by atoms with Crippen LogP contribution in [0.3, 0.4) is 0 Å². The highest BCUT2D eigenvalue weighted by Gasteiger charge is 2.26. The van der Waals surface area contributed by atoms with Crippen molar-refractivity contribution in [1.29, 1.82) is 0 Å². The molecule has 0 saturated carbocycles.